The van der Waals surface area contributed by atoms with E-state index in [0.29, 0.717) is 0 Å². The molecule has 0 saturated carbocycles. The number of carboxylic acid groups (broad SMARTS) is 2. The summed E-state index contributed by atoms with van der Waals surface area (Å²) in [5, 5.41) is 13.9. The maximum atomic E-state index is 8.56. The van der Waals surface area contributed by atoms with Crippen LogP contribution in [-0.2, 0) is 0 Å². The molecule has 7 heteroatoms. The summed E-state index contributed by atoms with van der Waals surface area (Å²) >= 11 is 0. The van der Waals surface area contributed by atoms with Crippen LogP contribution in [0, 0.1) is 0 Å². The van der Waals surface area contributed by atoms with Gasteiger partial charge in [-0.2, -0.15) is 0 Å². The molecule has 0 fully saturated rings. The van der Waals surface area contributed by atoms with E-state index < -0.39 is 6.16 Å². The SMILES string of the molecule is O.O.O=C(O)O.[LiH].[LiH]. The monoisotopic (exact) mass is 114 g/mol. The predicted octanol–water partition coefficient (Wildman–Crippen LogP) is -2.72. The van der Waals surface area contributed by atoms with Crippen LogP contribution in [0.15, 0.2) is 0 Å². The van der Waals surface area contributed by atoms with Crippen molar-refractivity contribution in [2.45, 2.75) is 0 Å². The number of hydrogen-bond acceptors (Lipinski definition) is 1. The van der Waals surface area contributed by atoms with Crippen molar-refractivity contribution in [3.05, 3.63) is 0 Å². The normalized spacial score (nSPS) is 3.00. The summed E-state index contributed by atoms with van der Waals surface area (Å²) < 4.78 is 0. The van der Waals surface area contributed by atoms with E-state index in [1.54, 1.807) is 0 Å². The fourth-order valence-electron chi connectivity index (χ4n) is 0. The molecule has 0 amide bonds. The van der Waals surface area contributed by atoms with Crippen molar-refractivity contribution in [1.29, 1.82) is 0 Å². The summed E-state index contributed by atoms with van der Waals surface area (Å²) in [4.78, 5) is 8.56. The molecule has 0 bridgehead atoms. The van der Waals surface area contributed by atoms with Crippen LogP contribution < -0.4 is 0 Å². The van der Waals surface area contributed by atoms with Crippen LogP contribution in [0.3, 0.4) is 0 Å². The molecule has 0 aliphatic rings. The van der Waals surface area contributed by atoms with Crippen LogP contribution >= 0.6 is 0 Å². The first-order valence-electron chi connectivity index (χ1n) is 0.651. The average Bonchev–Trinajstić information content (AvgIpc) is 0.811. The van der Waals surface area contributed by atoms with Gasteiger partial charge in [-0.05, 0) is 0 Å². The summed E-state index contributed by atoms with van der Waals surface area (Å²) in [6.45, 7) is 0. The van der Waals surface area contributed by atoms with E-state index in [1.807, 2.05) is 0 Å². The minimum absolute atomic E-state index is 0. The first kappa shape index (κ1) is 39.9. The third-order valence-electron chi connectivity index (χ3n) is 0. The molecule has 0 aliphatic heterocycles. The average molecular weight is 114 g/mol. The summed E-state index contributed by atoms with van der Waals surface area (Å²) in [6, 6.07) is 0. The summed E-state index contributed by atoms with van der Waals surface area (Å²) in [7, 11) is 0. The third-order valence-corrected chi connectivity index (χ3v) is 0. The molecule has 0 aromatic rings. The Morgan fingerprint density at radius 3 is 1.00 bits per heavy atom. The predicted molar refractivity (Wildman–Crippen MR) is 32.2 cm³/mol. The summed E-state index contributed by atoms with van der Waals surface area (Å²) in [6.07, 6.45) is -1.83. The Labute approximate surface area is 70.0 Å². The van der Waals surface area contributed by atoms with Crippen molar-refractivity contribution in [2.24, 2.45) is 0 Å². The molecule has 0 atom stereocenters. The van der Waals surface area contributed by atoms with E-state index in [9.17, 15) is 0 Å². The van der Waals surface area contributed by atoms with Gasteiger partial charge in [-0.1, -0.05) is 0 Å². The van der Waals surface area contributed by atoms with Crippen molar-refractivity contribution in [2.75, 3.05) is 0 Å². The summed E-state index contributed by atoms with van der Waals surface area (Å²) in [5.74, 6) is 0. The van der Waals surface area contributed by atoms with Crippen LogP contribution in [-0.4, -0.2) is 65.0 Å². The Kier molecular flexibility index (Phi) is 131. The second-order valence-corrected chi connectivity index (χ2v) is 0.283. The zero-order chi connectivity index (χ0) is 3.58. The standard InChI is InChI=1S/CH2O3.2Li.2H2O.2H/c2-1(3)4;;;;;;/h(H2,2,3,4);;;2*1H2;;. The molecule has 0 unspecified atom stereocenters. The van der Waals surface area contributed by atoms with Gasteiger partial charge in [0.25, 0.3) is 0 Å². The fourth-order valence-corrected chi connectivity index (χ4v) is 0. The molecule has 44 valence electrons. The van der Waals surface area contributed by atoms with E-state index in [4.69, 9.17) is 15.0 Å². The van der Waals surface area contributed by atoms with Crippen molar-refractivity contribution < 1.29 is 26.0 Å². The Bertz CT molecular complexity index is 33.4. The van der Waals surface area contributed by atoms with Crippen molar-refractivity contribution in [3.8, 4) is 0 Å². The van der Waals surface area contributed by atoms with Gasteiger partial charge >= 0.3 is 43.9 Å². The molecule has 6 N–H and O–H groups in total. The fraction of sp³-hybridized carbons (Fsp3) is 0. The maximum absolute atomic E-state index is 8.56. The van der Waals surface area contributed by atoms with Crippen LogP contribution in [0.4, 0.5) is 4.79 Å². The van der Waals surface area contributed by atoms with Gasteiger partial charge in [0.05, 0.1) is 0 Å². The van der Waals surface area contributed by atoms with E-state index >= 15 is 0 Å². The van der Waals surface area contributed by atoms with Gasteiger partial charge in [0, 0.05) is 0 Å². The molecule has 0 aliphatic carbocycles. The minimum atomic E-state index is -1.83. The van der Waals surface area contributed by atoms with Crippen LogP contribution in [0.1, 0.15) is 0 Å². The van der Waals surface area contributed by atoms with Crippen LogP contribution in [0.2, 0.25) is 0 Å². The third kappa shape index (κ3) is 1250. The second kappa shape index (κ2) is 26.3. The van der Waals surface area contributed by atoms with E-state index in [-0.39, 0.29) is 48.7 Å². The topological polar surface area (TPSA) is 121 Å². The van der Waals surface area contributed by atoms with Crippen LogP contribution in [0.5, 0.6) is 0 Å². The van der Waals surface area contributed by atoms with E-state index in [0.717, 1.165) is 0 Å². The van der Waals surface area contributed by atoms with Crippen molar-refractivity contribution >= 4 is 43.9 Å². The van der Waals surface area contributed by atoms with Gasteiger partial charge in [0.2, 0.25) is 0 Å². The molecule has 0 heterocycles. The van der Waals surface area contributed by atoms with Gasteiger partial charge in [0.1, 0.15) is 0 Å². The molecule has 8 heavy (non-hydrogen) atoms. The van der Waals surface area contributed by atoms with Crippen LogP contribution in [0.25, 0.3) is 0 Å². The molecule has 0 rings (SSSR count). The zero-order valence-corrected chi connectivity index (χ0v) is 2.80. The summed E-state index contributed by atoms with van der Waals surface area (Å²) in [5.41, 5.74) is 0. The van der Waals surface area contributed by atoms with Gasteiger partial charge < -0.3 is 21.2 Å². The van der Waals surface area contributed by atoms with Crippen molar-refractivity contribution in [1.82, 2.24) is 0 Å². The van der Waals surface area contributed by atoms with E-state index in [1.165, 1.54) is 0 Å². The number of hydrogen-bond donors (Lipinski definition) is 2. The molecule has 0 aromatic carbocycles. The van der Waals surface area contributed by atoms with Gasteiger partial charge in [-0.3, -0.25) is 0 Å². The van der Waals surface area contributed by atoms with Gasteiger partial charge in [-0.25, -0.2) is 4.79 Å². The number of rotatable bonds is 0. The van der Waals surface area contributed by atoms with E-state index in [2.05, 4.69) is 0 Å². The molecule has 0 aromatic heterocycles. The Morgan fingerprint density at radius 2 is 1.00 bits per heavy atom. The molecular formula is CH8Li2O5. The second-order valence-electron chi connectivity index (χ2n) is 0.283. The Morgan fingerprint density at radius 1 is 1.00 bits per heavy atom. The molecule has 0 saturated heterocycles. The molecule has 5 nitrogen and oxygen atoms in total. The van der Waals surface area contributed by atoms with Crippen molar-refractivity contribution in [3.63, 3.8) is 0 Å². The molecule has 0 radical (unpaired) electrons. The zero-order valence-electron chi connectivity index (χ0n) is 2.80. The first-order valence-corrected chi connectivity index (χ1v) is 0.651. The molecule has 0 spiro atoms. The Balaban J connectivity index is -0.00000000750. The number of carbonyl (C=O) groups is 1. The first-order chi connectivity index (χ1) is 1.73. The van der Waals surface area contributed by atoms with Gasteiger partial charge in [0.15, 0.2) is 0 Å². The van der Waals surface area contributed by atoms with Gasteiger partial charge in [-0.15, -0.1) is 0 Å². The molecular weight excluding hydrogens is 106 g/mol. The quantitative estimate of drug-likeness (QED) is 0.332. The Hall–Kier alpha value is 0.385.